The van der Waals surface area contributed by atoms with Gasteiger partial charge in [0.25, 0.3) is 0 Å². The van der Waals surface area contributed by atoms with Gasteiger partial charge in [-0.1, -0.05) is 29.3 Å². The van der Waals surface area contributed by atoms with E-state index in [-0.39, 0.29) is 5.97 Å². The topological polar surface area (TPSA) is 54.1 Å². The predicted octanol–water partition coefficient (Wildman–Crippen LogP) is 3.44. The number of esters is 1. The molecule has 1 aromatic carbocycles. The van der Waals surface area contributed by atoms with Gasteiger partial charge in [0.15, 0.2) is 0 Å². The zero-order chi connectivity index (χ0) is 15.2. The van der Waals surface area contributed by atoms with Crippen molar-refractivity contribution in [3.63, 3.8) is 0 Å². The minimum Gasteiger partial charge on any atom is -0.464 e. The number of carbonyl (C=O) groups excluding carboxylic acids is 1. The summed E-state index contributed by atoms with van der Waals surface area (Å²) in [5.74, 6) is -0.366. The number of hydrogen-bond donors (Lipinski definition) is 2. The summed E-state index contributed by atoms with van der Waals surface area (Å²) in [6.07, 6.45) is 0.806. The Morgan fingerprint density at radius 1 is 1.29 bits per heavy atom. The quantitative estimate of drug-likeness (QED) is 0.631. The summed E-state index contributed by atoms with van der Waals surface area (Å²) in [4.78, 5) is 14.3. The lowest BCUT2D eigenvalue weighted by Crippen LogP contribution is -2.17. The molecule has 0 aliphatic heterocycles. The fraction of sp³-hybridized carbons (Fsp3) is 0.267. The van der Waals surface area contributed by atoms with Gasteiger partial charge in [-0.25, -0.2) is 4.79 Å². The normalized spacial score (nSPS) is 10.6. The van der Waals surface area contributed by atoms with Gasteiger partial charge in [0.1, 0.15) is 5.69 Å². The number of ether oxygens (including phenoxy) is 1. The molecule has 0 bridgehead atoms. The van der Waals surface area contributed by atoms with Gasteiger partial charge < -0.3 is 15.0 Å². The molecule has 4 nitrogen and oxygen atoms in total. The summed E-state index contributed by atoms with van der Waals surface area (Å²) in [7, 11) is 1.36. The molecule has 0 saturated carbocycles. The van der Waals surface area contributed by atoms with Crippen LogP contribution < -0.4 is 5.32 Å². The van der Waals surface area contributed by atoms with Crippen LogP contribution in [0.25, 0.3) is 0 Å². The van der Waals surface area contributed by atoms with E-state index in [9.17, 15) is 4.79 Å². The average molecular weight is 327 g/mol. The van der Waals surface area contributed by atoms with Gasteiger partial charge in [-0.3, -0.25) is 0 Å². The number of aromatic amines is 1. The van der Waals surface area contributed by atoms with Crippen molar-refractivity contribution in [3.8, 4) is 0 Å². The lowest BCUT2D eigenvalue weighted by Gasteiger charge is -2.06. The number of halogens is 2. The average Bonchev–Trinajstić information content (AvgIpc) is 2.93. The predicted molar refractivity (Wildman–Crippen MR) is 84.0 cm³/mol. The highest BCUT2D eigenvalue weighted by Gasteiger charge is 2.07. The van der Waals surface area contributed by atoms with E-state index in [0.29, 0.717) is 22.3 Å². The Hall–Kier alpha value is -1.49. The van der Waals surface area contributed by atoms with Crippen molar-refractivity contribution >= 4 is 29.2 Å². The van der Waals surface area contributed by atoms with E-state index in [1.165, 1.54) is 7.11 Å². The third-order valence-corrected chi connectivity index (χ3v) is 3.64. The summed E-state index contributed by atoms with van der Waals surface area (Å²) in [5.41, 5.74) is 2.43. The van der Waals surface area contributed by atoms with Crippen LogP contribution in [0.1, 0.15) is 21.7 Å². The van der Waals surface area contributed by atoms with Gasteiger partial charge in [0, 0.05) is 22.3 Å². The fourth-order valence-corrected chi connectivity index (χ4v) is 2.45. The standard InChI is InChI=1S/C15H16Cl2N2O2/c1-21-15(20)14-5-4-12(19-14)9-18-7-6-10-2-3-11(16)8-13(10)17/h2-5,8,18-19H,6-7,9H2,1H3. The molecule has 112 valence electrons. The molecule has 0 aliphatic rings. The molecule has 2 rings (SSSR count). The smallest absolute Gasteiger partial charge is 0.354 e. The molecule has 0 saturated heterocycles. The van der Waals surface area contributed by atoms with Crippen LogP contribution in [0, 0.1) is 0 Å². The molecule has 6 heteroatoms. The van der Waals surface area contributed by atoms with Crippen molar-refractivity contribution in [1.82, 2.24) is 10.3 Å². The number of benzene rings is 1. The van der Waals surface area contributed by atoms with Crippen LogP contribution in [-0.4, -0.2) is 24.6 Å². The first-order valence-electron chi connectivity index (χ1n) is 6.51. The van der Waals surface area contributed by atoms with E-state index in [1.54, 1.807) is 12.1 Å². The van der Waals surface area contributed by atoms with E-state index in [4.69, 9.17) is 23.2 Å². The van der Waals surface area contributed by atoms with Gasteiger partial charge in [-0.15, -0.1) is 0 Å². The van der Waals surface area contributed by atoms with E-state index < -0.39 is 0 Å². The summed E-state index contributed by atoms with van der Waals surface area (Å²) in [5, 5.41) is 4.60. The number of H-pyrrole nitrogens is 1. The molecule has 0 spiro atoms. The summed E-state index contributed by atoms with van der Waals surface area (Å²) < 4.78 is 4.64. The number of rotatable bonds is 6. The molecule has 21 heavy (non-hydrogen) atoms. The van der Waals surface area contributed by atoms with Crippen molar-refractivity contribution in [3.05, 3.63) is 57.3 Å². The molecule has 0 atom stereocenters. The highest BCUT2D eigenvalue weighted by molar-refractivity contribution is 6.35. The molecule has 1 heterocycles. The highest BCUT2D eigenvalue weighted by atomic mass is 35.5. The second kappa shape index (κ2) is 7.50. The van der Waals surface area contributed by atoms with Crippen molar-refractivity contribution in [2.45, 2.75) is 13.0 Å². The van der Waals surface area contributed by atoms with E-state index >= 15 is 0 Å². The lowest BCUT2D eigenvalue weighted by atomic mass is 10.1. The molecule has 0 unspecified atom stereocenters. The van der Waals surface area contributed by atoms with Crippen LogP contribution in [0.2, 0.25) is 10.0 Å². The Kier molecular flexibility index (Phi) is 5.67. The first-order chi connectivity index (χ1) is 10.1. The Balaban J connectivity index is 1.79. The van der Waals surface area contributed by atoms with E-state index in [0.717, 1.165) is 24.2 Å². The first-order valence-corrected chi connectivity index (χ1v) is 7.26. The summed E-state index contributed by atoms with van der Waals surface area (Å²) in [6.45, 7) is 1.41. The third-order valence-electron chi connectivity index (χ3n) is 3.05. The lowest BCUT2D eigenvalue weighted by molar-refractivity contribution is 0.0594. The van der Waals surface area contributed by atoms with E-state index in [2.05, 4.69) is 15.0 Å². The molecule has 2 N–H and O–H groups in total. The van der Waals surface area contributed by atoms with Crippen LogP contribution in [0.15, 0.2) is 30.3 Å². The molecular formula is C15H16Cl2N2O2. The largest absolute Gasteiger partial charge is 0.464 e. The Morgan fingerprint density at radius 3 is 2.81 bits per heavy atom. The zero-order valence-electron chi connectivity index (χ0n) is 11.6. The maximum absolute atomic E-state index is 11.3. The van der Waals surface area contributed by atoms with Crippen molar-refractivity contribution in [1.29, 1.82) is 0 Å². The maximum Gasteiger partial charge on any atom is 0.354 e. The molecular weight excluding hydrogens is 311 g/mol. The summed E-state index contributed by atoms with van der Waals surface area (Å²) >= 11 is 12.0. The van der Waals surface area contributed by atoms with Gasteiger partial charge in [-0.2, -0.15) is 0 Å². The highest BCUT2D eigenvalue weighted by Crippen LogP contribution is 2.21. The third kappa shape index (κ3) is 4.49. The van der Waals surface area contributed by atoms with Crippen LogP contribution in [0.5, 0.6) is 0 Å². The van der Waals surface area contributed by atoms with Crippen LogP contribution >= 0.6 is 23.2 Å². The number of hydrogen-bond acceptors (Lipinski definition) is 3. The van der Waals surface area contributed by atoms with E-state index in [1.807, 2.05) is 18.2 Å². The van der Waals surface area contributed by atoms with Crippen molar-refractivity contribution < 1.29 is 9.53 Å². The van der Waals surface area contributed by atoms with Crippen LogP contribution in [0.3, 0.4) is 0 Å². The molecule has 2 aromatic rings. The van der Waals surface area contributed by atoms with Crippen LogP contribution in [0.4, 0.5) is 0 Å². The number of aromatic nitrogens is 1. The molecule has 0 amide bonds. The van der Waals surface area contributed by atoms with Crippen molar-refractivity contribution in [2.24, 2.45) is 0 Å². The number of nitrogens with one attached hydrogen (secondary N) is 2. The Morgan fingerprint density at radius 2 is 2.10 bits per heavy atom. The Bertz CT molecular complexity index is 626. The second-order valence-corrected chi connectivity index (χ2v) is 5.39. The minimum absolute atomic E-state index is 0.366. The monoisotopic (exact) mass is 326 g/mol. The number of carbonyl (C=O) groups is 1. The fourth-order valence-electron chi connectivity index (χ4n) is 1.94. The maximum atomic E-state index is 11.3. The molecule has 0 aliphatic carbocycles. The zero-order valence-corrected chi connectivity index (χ0v) is 13.1. The minimum atomic E-state index is -0.366. The SMILES string of the molecule is COC(=O)c1ccc(CNCCc2ccc(Cl)cc2Cl)[nH]1. The van der Waals surface area contributed by atoms with Crippen LogP contribution in [-0.2, 0) is 17.7 Å². The van der Waals surface area contributed by atoms with Crippen molar-refractivity contribution in [2.75, 3.05) is 13.7 Å². The van der Waals surface area contributed by atoms with Gasteiger partial charge in [0.05, 0.1) is 7.11 Å². The Labute approximate surface area is 133 Å². The summed E-state index contributed by atoms with van der Waals surface area (Å²) in [6, 6.07) is 9.06. The number of methoxy groups -OCH3 is 1. The first kappa shape index (κ1) is 15.9. The van der Waals surface area contributed by atoms with Gasteiger partial charge in [0.2, 0.25) is 0 Å². The second-order valence-electron chi connectivity index (χ2n) is 4.55. The molecule has 0 radical (unpaired) electrons. The van der Waals surface area contributed by atoms with Gasteiger partial charge >= 0.3 is 5.97 Å². The van der Waals surface area contributed by atoms with Gasteiger partial charge in [-0.05, 0) is 42.8 Å². The molecule has 1 aromatic heterocycles. The molecule has 0 fully saturated rings.